The van der Waals surface area contributed by atoms with Gasteiger partial charge in [-0.2, -0.15) is 0 Å². The topological polar surface area (TPSA) is 64.9 Å². The zero-order chi connectivity index (χ0) is 13.1. The molecule has 0 fully saturated rings. The summed E-state index contributed by atoms with van der Waals surface area (Å²) in [6, 6.07) is 0. The third kappa shape index (κ3) is 6.74. The lowest BCUT2D eigenvalue weighted by atomic mass is 10.1. The molecule has 4 heteroatoms. The Morgan fingerprint density at radius 3 is 1.94 bits per heavy atom. The molecule has 0 spiro atoms. The zero-order valence-corrected chi connectivity index (χ0v) is 11.7. The molecule has 0 amide bonds. The average Bonchev–Trinajstić information content (AvgIpc) is 2.85. The molecule has 1 aromatic rings. The van der Waals surface area contributed by atoms with Gasteiger partial charge in [-0.1, -0.05) is 58.3 Å². The van der Waals surface area contributed by atoms with Gasteiger partial charge in [-0.25, -0.2) is 0 Å². The number of unbranched alkanes of at least 4 members (excludes halogenated alkanes) is 8. The maximum Gasteiger partial charge on any atom is 0.230 e. The van der Waals surface area contributed by atoms with E-state index in [0.29, 0.717) is 12.4 Å². The van der Waals surface area contributed by atoms with Gasteiger partial charge in [-0.3, -0.25) is 0 Å². The Hall–Kier alpha value is -0.900. The predicted octanol–water partition coefficient (Wildman–Crippen LogP) is 3.60. The number of nitrogens with zero attached hydrogens (tertiary/aromatic N) is 2. The molecule has 2 N–H and O–H groups in total. The molecule has 104 valence electrons. The van der Waals surface area contributed by atoms with E-state index < -0.39 is 0 Å². The second-order valence-corrected chi connectivity index (χ2v) is 4.87. The van der Waals surface area contributed by atoms with E-state index in [-0.39, 0.29) is 0 Å². The van der Waals surface area contributed by atoms with Crippen LogP contribution >= 0.6 is 0 Å². The van der Waals surface area contributed by atoms with E-state index in [1.165, 1.54) is 51.4 Å². The van der Waals surface area contributed by atoms with Crippen molar-refractivity contribution in [1.29, 1.82) is 0 Å². The van der Waals surface area contributed by atoms with Crippen LogP contribution in [0.3, 0.4) is 0 Å². The molecule has 0 aliphatic rings. The van der Waals surface area contributed by atoms with Crippen molar-refractivity contribution in [2.45, 2.75) is 77.7 Å². The summed E-state index contributed by atoms with van der Waals surface area (Å²) < 4.78 is 5.36. The van der Waals surface area contributed by atoms with Gasteiger partial charge in [-0.05, 0) is 6.42 Å². The van der Waals surface area contributed by atoms with Crippen molar-refractivity contribution in [3.63, 3.8) is 0 Å². The van der Waals surface area contributed by atoms with Crippen molar-refractivity contribution < 1.29 is 4.42 Å². The maximum atomic E-state index is 5.41. The summed E-state index contributed by atoms with van der Waals surface area (Å²) in [5.41, 5.74) is 5.41. The van der Waals surface area contributed by atoms with Crippen molar-refractivity contribution >= 4 is 0 Å². The highest BCUT2D eigenvalue weighted by Gasteiger charge is 2.03. The van der Waals surface area contributed by atoms with E-state index >= 15 is 0 Å². The van der Waals surface area contributed by atoms with Crippen LogP contribution in [0, 0.1) is 0 Å². The van der Waals surface area contributed by atoms with E-state index in [4.69, 9.17) is 10.2 Å². The van der Waals surface area contributed by atoms with Crippen molar-refractivity contribution in [3.05, 3.63) is 11.8 Å². The van der Waals surface area contributed by atoms with Crippen LogP contribution < -0.4 is 5.73 Å². The SMILES string of the molecule is CCCCCCCCCCCc1nnc(CN)o1. The molecule has 0 atom stereocenters. The Labute approximate surface area is 110 Å². The fraction of sp³-hybridized carbons (Fsp3) is 0.857. The second-order valence-electron chi connectivity index (χ2n) is 4.87. The minimum Gasteiger partial charge on any atom is -0.424 e. The van der Waals surface area contributed by atoms with Gasteiger partial charge >= 0.3 is 0 Å². The summed E-state index contributed by atoms with van der Waals surface area (Å²) in [6.07, 6.45) is 12.9. The quantitative estimate of drug-likeness (QED) is 0.612. The molecule has 18 heavy (non-hydrogen) atoms. The molecule has 0 bridgehead atoms. The molecular weight excluding hydrogens is 226 g/mol. The van der Waals surface area contributed by atoms with Gasteiger partial charge in [-0.15, -0.1) is 10.2 Å². The van der Waals surface area contributed by atoms with Gasteiger partial charge in [0.1, 0.15) is 0 Å². The summed E-state index contributed by atoms with van der Waals surface area (Å²) in [4.78, 5) is 0. The Kier molecular flexibility index (Phi) is 8.47. The van der Waals surface area contributed by atoms with Gasteiger partial charge in [0.05, 0.1) is 6.54 Å². The molecule has 0 saturated carbocycles. The van der Waals surface area contributed by atoms with E-state index in [0.717, 1.165) is 18.7 Å². The van der Waals surface area contributed by atoms with Gasteiger partial charge in [0.25, 0.3) is 0 Å². The number of nitrogens with two attached hydrogens (primary N) is 1. The molecule has 0 saturated heterocycles. The average molecular weight is 253 g/mol. The van der Waals surface area contributed by atoms with Crippen LogP contribution in [-0.2, 0) is 13.0 Å². The summed E-state index contributed by atoms with van der Waals surface area (Å²) in [7, 11) is 0. The van der Waals surface area contributed by atoms with E-state index in [2.05, 4.69) is 17.1 Å². The Morgan fingerprint density at radius 2 is 1.39 bits per heavy atom. The third-order valence-corrected chi connectivity index (χ3v) is 3.18. The summed E-state index contributed by atoms with van der Waals surface area (Å²) >= 11 is 0. The fourth-order valence-electron chi connectivity index (χ4n) is 2.06. The highest BCUT2D eigenvalue weighted by Crippen LogP contribution is 2.11. The van der Waals surface area contributed by atoms with Crippen LogP contribution in [0.25, 0.3) is 0 Å². The van der Waals surface area contributed by atoms with Crippen molar-refractivity contribution in [1.82, 2.24) is 10.2 Å². The van der Waals surface area contributed by atoms with Crippen LogP contribution in [0.5, 0.6) is 0 Å². The molecule has 0 aliphatic carbocycles. The van der Waals surface area contributed by atoms with Crippen LogP contribution in [-0.4, -0.2) is 10.2 Å². The van der Waals surface area contributed by atoms with Crippen LogP contribution in [0.2, 0.25) is 0 Å². The number of aryl methyl sites for hydroxylation is 1. The molecule has 0 radical (unpaired) electrons. The Morgan fingerprint density at radius 1 is 0.833 bits per heavy atom. The highest BCUT2D eigenvalue weighted by molar-refractivity contribution is 4.80. The molecule has 0 unspecified atom stereocenters. The maximum absolute atomic E-state index is 5.41. The first-order valence-corrected chi connectivity index (χ1v) is 7.38. The lowest BCUT2D eigenvalue weighted by Crippen LogP contribution is -1.95. The number of aromatic nitrogens is 2. The number of hydrogen-bond acceptors (Lipinski definition) is 4. The molecule has 4 nitrogen and oxygen atoms in total. The lowest BCUT2D eigenvalue weighted by Gasteiger charge is -2.00. The predicted molar refractivity (Wildman–Crippen MR) is 73.1 cm³/mol. The van der Waals surface area contributed by atoms with E-state index in [9.17, 15) is 0 Å². The first kappa shape index (κ1) is 15.2. The summed E-state index contributed by atoms with van der Waals surface area (Å²) in [6.45, 7) is 2.60. The molecule has 1 heterocycles. The Bertz CT molecular complexity index is 299. The van der Waals surface area contributed by atoms with E-state index in [1.807, 2.05) is 0 Å². The highest BCUT2D eigenvalue weighted by atomic mass is 16.4. The smallest absolute Gasteiger partial charge is 0.230 e. The monoisotopic (exact) mass is 253 g/mol. The number of rotatable bonds is 11. The minimum atomic E-state index is 0.338. The molecular formula is C14H27N3O. The lowest BCUT2D eigenvalue weighted by molar-refractivity contribution is 0.441. The van der Waals surface area contributed by atoms with Gasteiger partial charge in [0, 0.05) is 6.42 Å². The molecule has 1 aromatic heterocycles. The van der Waals surface area contributed by atoms with Crippen LogP contribution in [0.1, 0.15) is 76.5 Å². The first-order chi connectivity index (χ1) is 8.86. The largest absolute Gasteiger partial charge is 0.424 e. The summed E-state index contributed by atoms with van der Waals surface area (Å²) in [5, 5.41) is 7.81. The Balaban J connectivity index is 1.89. The van der Waals surface area contributed by atoms with Gasteiger partial charge < -0.3 is 10.2 Å². The van der Waals surface area contributed by atoms with Crippen LogP contribution in [0.4, 0.5) is 0 Å². The van der Waals surface area contributed by atoms with Crippen molar-refractivity contribution in [2.24, 2.45) is 5.73 Å². The van der Waals surface area contributed by atoms with E-state index in [1.54, 1.807) is 0 Å². The minimum absolute atomic E-state index is 0.338. The van der Waals surface area contributed by atoms with Crippen molar-refractivity contribution in [3.8, 4) is 0 Å². The fourth-order valence-corrected chi connectivity index (χ4v) is 2.06. The summed E-state index contributed by atoms with van der Waals surface area (Å²) in [5.74, 6) is 1.28. The first-order valence-electron chi connectivity index (χ1n) is 7.38. The number of hydrogen-bond donors (Lipinski definition) is 1. The standard InChI is InChI=1S/C14H27N3O/c1-2-3-4-5-6-7-8-9-10-11-13-16-17-14(12-15)18-13/h2-12,15H2,1H3. The van der Waals surface area contributed by atoms with Gasteiger partial charge in [0.15, 0.2) is 0 Å². The normalized spacial score (nSPS) is 11.0. The van der Waals surface area contributed by atoms with Crippen LogP contribution in [0.15, 0.2) is 4.42 Å². The van der Waals surface area contributed by atoms with Gasteiger partial charge in [0.2, 0.25) is 11.8 Å². The third-order valence-electron chi connectivity index (χ3n) is 3.18. The molecule has 0 aliphatic heterocycles. The molecule has 0 aromatic carbocycles. The van der Waals surface area contributed by atoms with Crippen molar-refractivity contribution in [2.75, 3.05) is 0 Å². The zero-order valence-electron chi connectivity index (χ0n) is 11.7. The molecule has 1 rings (SSSR count). The second kappa shape index (κ2) is 10.1.